The Labute approximate surface area is 188 Å². The highest BCUT2D eigenvalue weighted by molar-refractivity contribution is 6.51. The molecule has 3 rings (SSSR count). The molecule has 3 N–H and O–H groups in total. The summed E-state index contributed by atoms with van der Waals surface area (Å²) < 4.78 is 5.22. The monoisotopic (exact) mass is 431 g/mol. The molecule has 0 spiro atoms. The largest absolute Gasteiger partial charge is 0.495 e. The second kappa shape index (κ2) is 10.5. The summed E-state index contributed by atoms with van der Waals surface area (Å²) in [4.78, 5) is 19.1. The topological polar surface area (TPSA) is 102 Å². The highest BCUT2D eigenvalue weighted by Gasteiger charge is 2.20. The van der Waals surface area contributed by atoms with E-state index < -0.39 is 0 Å². The molecule has 0 saturated carbocycles. The summed E-state index contributed by atoms with van der Waals surface area (Å²) in [5.41, 5.74) is 4.60. The van der Waals surface area contributed by atoms with Gasteiger partial charge in [-0.25, -0.2) is 4.99 Å². The van der Waals surface area contributed by atoms with E-state index in [4.69, 9.17) is 15.6 Å². The number of aliphatic imine (C=N–C) groups is 1. The number of carbonyl (C=O) groups excluding carboxylic acids is 1. The van der Waals surface area contributed by atoms with Gasteiger partial charge in [0.15, 0.2) is 0 Å². The van der Waals surface area contributed by atoms with E-state index in [1.54, 1.807) is 18.2 Å². The smallest absolute Gasteiger partial charge is 0.251 e. The number of allylic oxidation sites excluding steroid dienone is 2. The lowest BCUT2D eigenvalue weighted by atomic mass is 9.99. The van der Waals surface area contributed by atoms with Crippen LogP contribution in [0.25, 0.3) is 0 Å². The molecule has 166 valence electrons. The van der Waals surface area contributed by atoms with Crippen LogP contribution in [0.2, 0.25) is 0 Å². The van der Waals surface area contributed by atoms with Crippen molar-refractivity contribution >= 4 is 34.4 Å². The highest BCUT2D eigenvalue weighted by Crippen LogP contribution is 2.26. The van der Waals surface area contributed by atoms with Gasteiger partial charge in [-0.05, 0) is 49.7 Å². The van der Waals surface area contributed by atoms with Gasteiger partial charge in [-0.1, -0.05) is 18.2 Å². The van der Waals surface area contributed by atoms with Crippen molar-refractivity contribution in [2.75, 3.05) is 31.6 Å². The maximum atomic E-state index is 12.2. The first kappa shape index (κ1) is 22.9. The van der Waals surface area contributed by atoms with Gasteiger partial charge in [0.05, 0.1) is 29.9 Å². The Morgan fingerprint density at radius 1 is 1.16 bits per heavy atom. The molecule has 7 heteroatoms. The number of ether oxygens (including phenoxy) is 1. The third kappa shape index (κ3) is 5.49. The highest BCUT2D eigenvalue weighted by atomic mass is 16.5. The van der Waals surface area contributed by atoms with E-state index in [9.17, 15) is 4.79 Å². The average molecular weight is 432 g/mol. The van der Waals surface area contributed by atoms with Crippen molar-refractivity contribution in [3.05, 3.63) is 71.5 Å². The van der Waals surface area contributed by atoms with Crippen LogP contribution in [-0.4, -0.2) is 49.8 Å². The molecule has 1 aliphatic carbocycles. The Balaban J connectivity index is 1.69. The first-order chi connectivity index (χ1) is 15.4. The summed E-state index contributed by atoms with van der Waals surface area (Å²) in [6.45, 7) is 6.11. The summed E-state index contributed by atoms with van der Waals surface area (Å²) >= 11 is 0. The summed E-state index contributed by atoms with van der Waals surface area (Å²) in [6, 6.07) is 15.2. The van der Waals surface area contributed by atoms with Crippen LogP contribution in [0.15, 0.2) is 65.4 Å². The fourth-order valence-electron chi connectivity index (χ4n) is 3.49. The van der Waals surface area contributed by atoms with Crippen LogP contribution in [0, 0.1) is 17.7 Å². The summed E-state index contributed by atoms with van der Waals surface area (Å²) in [5.74, 6) is 0.374. The van der Waals surface area contributed by atoms with Gasteiger partial charge in [-0.2, -0.15) is 0 Å². The number of anilines is 1. The quantitative estimate of drug-likeness (QED) is 0.581. The average Bonchev–Trinajstić information content (AvgIpc) is 2.80. The minimum atomic E-state index is -0.0736. The maximum absolute atomic E-state index is 12.2. The van der Waals surface area contributed by atoms with Crippen LogP contribution in [0.1, 0.15) is 29.3 Å². The predicted molar refractivity (Wildman–Crippen MR) is 130 cm³/mol. The van der Waals surface area contributed by atoms with E-state index in [0.29, 0.717) is 41.5 Å². The molecule has 0 aliphatic heterocycles. The number of amides is 1. The van der Waals surface area contributed by atoms with E-state index >= 15 is 0 Å². The number of rotatable bonds is 8. The van der Waals surface area contributed by atoms with Crippen LogP contribution in [0.3, 0.4) is 0 Å². The summed E-state index contributed by atoms with van der Waals surface area (Å²) in [7, 11) is 1.52. The Kier molecular flexibility index (Phi) is 7.54. The second-order valence-corrected chi connectivity index (χ2v) is 7.52. The van der Waals surface area contributed by atoms with E-state index in [1.165, 1.54) is 7.11 Å². The van der Waals surface area contributed by atoms with Gasteiger partial charge in [0.1, 0.15) is 5.76 Å². The molecular formula is C25H29N5O2. The molecule has 0 heterocycles. The van der Waals surface area contributed by atoms with Crippen molar-refractivity contribution in [1.29, 1.82) is 10.8 Å². The van der Waals surface area contributed by atoms with E-state index in [1.807, 2.05) is 37.3 Å². The second-order valence-electron chi connectivity index (χ2n) is 7.52. The number of likely N-dealkylation sites (N-methyl/N-ethyl adjacent to an activating group) is 1. The van der Waals surface area contributed by atoms with Gasteiger partial charge >= 0.3 is 0 Å². The minimum Gasteiger partial charge on any atom is -0.495 e. The lowest BCUT2D eigenvalue weighted by Crippen LogP contribution is -2.35. The number of methoxy groups -OCH3 is 1. The molecule has 32 heavy (non-hydrogen) atoms. The number of hydrogen-bond acceptors (Lipinski definition) is 6. The van der Waals surface area contributed by atoms with Gasteiger partial charge in [-0.15, -0.1) is 0 Å². The van der Waals surface area contributed by atoms with Crippen LogP contribution < -0.4 is 10.2 Å². The van der Waals surface area contributed by atoms with E-state index in [0.717, 1.165) is 23.5 Å². The molecule has 2 aromatic rings. The minimum absolute atomic E-state index is 0.0736. The molecule has 1 amide bonds. The lowest BCUT2D eigenvalue weighted by Gasteiger charge is -2.24. The zero-order chi connectivity index (χ0) is 23.1. The van der Waals surface area contributed by atoms with Crippen molar-refractivity contribution < 1.29 is 9.53 Å². The Hall–Kier alpha value is -3.74. The number of nitrogens with zero attached hydrogens (tertiary/aromatic N) is 2. The Morgan fingerprint density at radius 3 is 2.56 bits per heavy atom. The molecule has 7 nitrogen and oxygen atoms in total. The van der Waals surface area contributed by atoms with E-state index in [2.05, 4.69) is 28.2 Å². The van der Waals surface area contributed by atoms with Crippen LogP contribution in [-0.2, 0) is 4.74 Å². The van der Waals surface area contributed by atoms with Gasteiger partial charge < -0.3 is 25.8 Å². The standard InChI is InChI=1S/C25H29N5O2/c1-4-30(13-12-28-25(31)18-8-6-5-7-9-18)19-10-11-22(17(2)14-19)29-23-16-24(32-3)21(27)15-20(23)26/h5-11,14,16,26-27H,4,12-13,15H2,1-3H3,(H,28,31). The molecule has 0 aromatic heterocycles. The first-order valence-corrected chi connectivity index (χ1v) is 10.6. The van der Waals surface area contributed by atoms with Gasteiger partial charge in [0.25, 0.3) is 5.91 Å². The van der Waals surface area contributed by atoms with Crippen molar-refractivity contribution in [2.24, 2.45) is 4.99 Å². The SMILES string of the molecule is CCN(CCNC(=O)c1ccccc1)c1ccc(N=C2C=C(OC)C(=N)CC2=N)c(C)c1. The number of nitrogens with one attached hydrogen (secondary N) is 3. The Bertz CT molecular complexity index is 1070. The third-order valence-electron chi connectivity index (χ3n) is 5.32. The summed E-state index contributed by atoms with van der Waals surface area (Å²) in [6.07, 6.45) is 1.86. The molecule has 0 atom stereocenters. The van der Waals surface area contributed by atoms with Crippen molar-refractivity contribution in [2.45, 2.75) is 20.3 Å². The predicted octanol–water partition coefficient (Wildman–Crippen LogP) is 4.30. The molecule has 1 aliphatic rings. The van der Waals surface area contributed by atoms with Crippen molar-refractivity contribution in [3.8, 4) is 0 Å². The maximum Gasteiger partial charge on any atom is 0.251 e. The molecule has 0 unspecified atom stereocenters. The number of benzene rings is 2. The lowest BCUT2D eigenvalue weighted by molar-refractivity contribution is 0.0954. The van der Waals surface area contributed by atoms with Gasteiger partial charge in [0, 0.05) is 43.4 Å². The van der Waals surface area contributed by atoms with Gasteiger partial charge in [-0.3, -0.25) is 4.79 Å². The summed E-state index contributed by atoms with van der Waals surface area (Å²) in [5, 5.41) is 19.0. The van der Waals surface area contributed by atoms with Crippen molar-refractivity contribution in [1.82, 2.24) is 5.32 Å². The normalized spacial score (nSPS) is 14.8. The fraction of sp³-hybridized carbons (Fsp3) is 0.280. The number of carbonyl (C=O) groups is 1. The third-order valence-corrected chi connectivity index (χ3v) is 5.32. The van der Waals surface area contributed by atoms with Crippen LogP contribution >= 0.6 is 0 Å². The number of hydrogen-bond donors (Lipinski definition) is 3. The first-order valence-electron chi connectivity index (χ1n) is 10.6. The molecular weight excluding hydrogens is 402 g/mol. The van der Waals surface area contributed by atoms with Crippen LogP contribution in [0.5, 0.6) is 0 Å². The molecule has 0 saturated heterocycles. The molecule has 2 aromatic carbocycles. The number of aryl methyl sites for hydroxylation is 1. The fourth-order valence-corrected chi connectivity index (χ4v) is 3.49. The van der Waals surface area contributed by atoms with Crippen molar-refractivity contribution in [3.63, 3.8) is 0 Å². The van der Waals surface area contributed by atoms with Crippen LogP contribution in [0.4, 0.5) is 11.4 Å². The molecule has 0 bridgehead atoms. The molecule has 0 radical (unpaired) electrons. The zero-order valence-corrected chi connectivity index (χ0v) is 18.7. The zero-order valence-electron chi connectivity index (χ0n) is 18.7. The molecule has 0 fully saturated rings. The van der Waals surface area contributed by atoms with Gasteiger partial charge in [0.2, 0.25) is 0 Å². The van der Waals surface area contributed by atoms with E-state index in [-0.39, 0.29) is 12.3 Å². The Morgan fingerprint density at radius 2 is 1.91 bits per heavy atom.